The first-order valence-electron chi connectivity index (χ1n) is 4.46. The van der Waals surface area contributed by atoms with E-state index in [1.165, 1.54) is 7.11 Å². The number of halogens is 2. The van der Waals surface area contributed by atoms with Crippen LogP contribution in [0.2, 0.25) is 0 Å². The molecular weight excluding hydrogens is 338 g/mol. The molecular formula is C11H9Br2NO2. The fraction of sp³-hybridized carbons (Fsp3) is 0.273. The molecule has 1 aromatic carbocycles. The molecule has 1 aromatic rings. The molecule has 0 unspecified atom stereocenters. The lowest BCUT2D eigenvalue weighted by Gasteiger charge is -2.07. The summed E-state index contributed by atoms with van der Waals surface area (Å²) in [6.45, 7) is 0. The van der Waals surface area contributed by atoms with Gasteiger partial charge in [0.05, 0.1) is 25.2 Å². The van der Waals surface area contributed by atoms with Crippen molar-refractivity contribution in [1.82, 2.24) is 0 Å². The molecule has 0 aliphatic rings. The maximum Gasteiger partial charge on any atom is 0.310 e. The monoisotopic (exact) mass is 345 g/mol. The Morgan fingerprint density at radius 3 is 2.69 bits per heavy atom. The number of alkyl halides is 1. The van der Waals surface area contributed by atoms with Crippen molar-refractivity contribution in [3.63, 3.8) is 0 Å². The largest absolute Gasteiger partial charge is 0.469 e. The molecule has 0 radical (unpaired) electrons. The molecule has 0 bridgehead atoms. The van der Waals surface area contributed by atoms with Gasteiger partial charge in [0.1, 0.15) is 0 Å². The van der Waals surface area contributed by atoms with Gasteiger partial charge in [0.2, 0.25) is 0 Å². The number of nitrogens with zero attached hydrogens (tertiary/aromatic N) is 1. The quantitative estimate of drug-likeness (QED) is 0.624. The molecule has 84 valence electrons. The lowest BCUT2D eigenvalue weighted by molar-refractivity contribution is -0.139. The summed E-state index contributed by atoms with van der Waals surface area (Å²) in [5, 5.41) is 9.56. The van der Waals surface area contributed by atoms with Crippen molar-refractivity contribution in [2.24, 2.45) is 0 Å². The van der Waals surface area contributed by atoms with Gasteiger partial charge in [-0.15, -0.1) is 0 Å². The number of nitriles is 1. The van der Waals surface area contributed by atoms with Crippen molar-refractivity contribution >= 4 is 37.8 Å². The predicted molar refractivity (Wildman–Crippen MR) is 67.2 cm³/mol. The molecule has 5 heteroatoms. The van der Waals surface area contributed by atoms with Gasteiger partial charge < -0.3 is 4.74 Å². The van der Waals surface area contributed by atoms with Crippen LogP contribution in [0.25, 0.3) is 0 Å². The van der Waals surface area contributed by atoms with E-state index in [0.717, 1.165) is 15.6 Å². The Morgan fingerprint density at radius 2 is 2.19 bits per heavy atom. The van der Waals surface area contributed by atoms with Crippen LogP contribution in [0.1, 0.15) is 16.7 Å². The zero-order chi connectivity index (χ0) is 12.1. The summed E-state index contributed by atoms with van der Waals surface area (Å²) in [5.74, 6) is -0.323. The zero-order valence-corrected chi connectivity index (χ0v) is 11.8. The number of methoxy groups -OCH3 is 1. The molecule has 0 heterocycles. The van der Waals surface area contributed by atoms with E-state index in [1.807, 2.05) is 6.07 Å². The van der Waals surface area contributed by atoms with Gasteiger partial charge >= 0.3 is 5.97 Å². The maximum absolute atomic E-state index is 11.2. The zero-order valence-electron chi connectivity index (χ0n) is 8.59. The van der Waals surface area contributed by atoms with Crippen LogP contribution >= 0.6 is 31.9 Å². The third kappa shape index (κ3) is 3.06. The highest BCUT2D eigenvalue weighted by molar-refractivity contribution is 9.10. The van der Waals surface area contributed by atoms with Crippen molar-refractivity contribution in [3.05, 3.63) is 33.3 Å². The topological polar surface area (TPSA) is 50.1 Å². The summed E-state index contributed by atoms with van der Waals surface area (Å²) in [7, 11) is 1.34. The number of hydrogen-bond acceptors (Lipinski definition) is 3. The van der Waals surface area contributed by atoms with E-state index in [9.17, 15) is 4.79 Å². The third-order valence-electron chi connectivity index (χ3n) is 2.10. The van der Waals surface area contributed by atoms with E-state index in [-0.39, 0.29) is 12.4 Å². The van der Waals surface area contributed by atoms with Crippen LogP contribution in [0.3, 0.4) is 0 Å². The van der Waals surface area contributed by atoms with Gasteiger partial charge in [0.25, 0.3) is 0 Å². The number of ether oxygens (including phenoxy) is 1. The van der Waals surface area contributed by atoms with Crippen molar-refractivity contribution in [2.75, 3.05) is 7.11 Å². The number of rotatable bonds is 3. The number of carbonyl (C=O) groups excluding carboxylic acids is 1. The van der Waals surface area contributed by atoms with E-state index < -0.39 is 0 Å². The van der Waals surface area contributed by atoms with Crippen LogP contribution in [0.4, 0.5) is 0 Å². The van der Waals surface area contributed by atoms with E-state index in [4.69, 9.17) is 5.26 Å². The molecule has 0 saturated heterocycles. The van der Waals surface area contributed by atoms with Gasteiger partial charge in [-0.1, -0.05) is 31.9 Å². The molecule has 3 nitrogen and oxygen atoms in total. The minimum absolute atomic E-state index is 0.161. The van der Waals surface area contributed by atoms with Crippen LogP contribution in [-0.4, -0.2) is 13.1 Å². The van der Waals surface area contributed by atoms with Gasteiger partial charge in [-0.05, 0) is 23.3 Å². The standard InChI is InChI=1S/C11H9Br2NO2/c1-16-11(15)4-7-2-9(6-14)8(5-12)3-10(7)13/h2-3H,4-5H2,1H3. The summed E-state index contributed by atoms with van der Waals surface area (Å²) >= 11 is 6.68. The molecule has 0 fully saturated rings. The second kappa shape index (κ2) is 6.02. The smallest absolute Gasteiger partial charge is 0.310 e. The Morgan fingerprint density at radius 1 is 1.50 bits per heavy atom. The van der Waals surface area contributed by atoms with Gasteiger partial charge in [0.15, 0.2) is 0 Å². The van der Waals surface area contributed by atoms with Gasteiger partial charge in [0, 0.05) is 9.80 Å². The normalized spacial score (nSPS) is 9.62. The number of benzene rings is 1. The van der Waals surface area contributed by atoms with Gasteiger partial charge in [-0.2, -0.15) is 5.26 Å². The van der Waals surface area contributed by atoms with Crippen LogP contribution in [0.15, 0.2) is 16.6 Å². The fourth-order valence-electron chi connectivity index (χ4n) is 1.24. The molecule has 0 N–H and O–H groups in total. The lowest BCUT2D eigenvalue weighted by Crippen LogP contribution is -2.06. The first-order chi connectivity index (χ1) is 7.62. The molecule has 16 heavy (non-hydrogen) atoms. The Kier molecular flexibility index (Phi) is 4.97. The SMILES string of the molecule is COC(=O)Cc1cc(C#N)c(CBr)cc1Br. The second-order valence-electron chi connectivity index (χ2n) is 3.10. The number of carbonyl (C=O) groups is 1. The summed E-state index contributed by atoms with van der Waals surface area (Å²) < 4.78 is 5.40. The van der Waals surface area contributed by atoms with Crippen LogP contribution < -0.4 is 0 Å². The Balaban J connectivity index is 3.12. The molecule has 0 amide bonds. The molecule has 0 aliphatic carbocycles. The highest BCUT2D eigenvalue weighted by atomic mass is 79.9. The average Bonchev–Trinajstić information content (AvgIpc) is 2.30. The summed E-state index contributed by atoms with van der Waals surface area (Å²) in [6.07, 6.45) is 0.161. The van der Waals surface area contributed by atoms with E-state index in [1.54, 1.807) is 6.07 Å². The molecule has 1 rings (SSSR count). The minimum atomic E-state index is -0.323. The van der Waals surface area contributed by atoms with Crippen LogP contribution in [-0.2, 0) is 21.3 Å². The van der Waals surface area contributed by atoms with Crippen molar-refractivity contribution in [3.8, 4) is 6.07 Å². The molecule has 0 spiro atoms. The lowest BCUT2D eigenvalue weighted by atomic mass is 10.0. The summed E-state index contributed by atoms with van der Waals surface area (Å²) in [4.78, 5) is 11.2. The number of esters is 1. The van der Waals surface area contributed by atoms with E-state index >= 15 is 0 Å². The highest BCUT2D eigenvalue weighted by Gasteiger charge is 2.11. The van der Waals surface area contributed by atoms with E-state index in [0.29, 0.717) is 10.9 Å². The van der Waals surface area contributed by atoms with Crippen LogP contribution in [0.5, 0.6) is 0 Å². The first kappa shape index (κ1) is 13.2. The molecule has 0 aromatic heterocycles. The fourth-order valence-corrected chi connectivity index (χ4v) is 2.23. The van der Waals surface area contributed by atoms with Gasteiger partial charge in [-0.3, -0.25) is 4.79 Å². The Hall–Kier alpha value is -0.860. The van der Waals surface area contributed by atoms with Crippen LogP contribution in [0, 0.1) is 11.3 Å². The maximum atomic E-state index is 11.2. The molecule has 0 aliphatic heterocycles. The van der Waals surface area contributed by atoms with Crippen molar-refractivity contribution < 1.29 is 9.53 Å². The number of hydrogen-bond donors (Lipinski definition) is 0. The predicted octanol–water partition coefficient (Wildman–Crippen LogP) is 2.93. The van der Waals surface area contributed by atoms with Crippen molar-refractivity contribution in [1.29, 1.82) is 5.26 Å². The molecule has 0 saturated carbocycles. The summed E-state index contributed by atoms with van der Waals surface area (Å²) in [6, 6.07) is 5.65. The first-order valence-corrected chi connectivity index (χ1v) is 6.38. The Labute approximate surface area is 111 Å². The third-order valence-corrected chi connectivity index (χ3v) is 3.44. The summed E-state index contributed by atoms with van der Waals surface area (Å²) in [5.41, 5.74) is 2.22. The second-order valence-corrected chi connectivity index (χ2v) is 4.51. The average molecular weight is 347 g/mol. The highest BCUT2D eigenvalue weighted by Crippen LogP contribution is 2.24. The minimum Gasteiger partial charge on any atom is -0.469 e. The van der Waals surface area contributed by atoms with Gasteiger partial charge in [-0.25, -0.2) is 0 Å². The Bertz CT molecular complexity index is 452. The van der Waals surface area contributed by atoms with E-state index in [2.05, 4.69) is 42.7 Å². The van der Waals surface area contributed by atoms with Crippen molar-refractivity contribution in [2.45, 2.75) is 11.8 Å². The molecule has 0 atom stereocenters.